The lowest BCUT2D eigenvalue weighted by molar-refractivity contribution is 0.101. The molecule has 5 heteroatoms. The van der Waals surface area contributed by atoms with Crippen LogP contribution in [0.25, 0.3) is 11.0 Å². The molecule has 0 unspecified atom stereocenters. The summed E-state index contributed by atoms with van der Waals surface area (Å²) >= 11 is 5.91. The summed E-state index contributed by atoms with van der Waals surface area (Å²) in [6, 6.07) is 7.65. The summed E-state index contributed by atoms with van der Waals surface area (Å²) in [5.74, 6) is -2.19. The van der Waals surface area contributed by atoms with Gasteiger partial charge in [0.25, 0.3) is 0 Å². The molecule has 0 N–H and O–H groups in total. The van der Waals surface area contributed by atoms with Gasteiger partial charge in [-0.15, -0.1) is 0 Å². The van der Waals surface area contributed by atoms with Gasteiger partial charge in [0.2, 0.25) is 5.78 Å². The molecule has 0 spiro atoms. The van der Waals surface area contributed by atoms with Gasteiger partial charge < -0.3 is 4.42 Å². The molecule has 3 rings (SSSR count). The second kappa shape index (κ2) is 4.97. The molecule has 0 radical (unpaired) electrons. The number of furan rings is 1. The summed E-state index contributed by atoms with van der Waals surface area (Å²) in [6.45, 7) is 1.67. The number of ketones is 1. The molecule has 0 saturated carbocycles. The van der Waals surface area contributed by atoms with Crippen molar-refractivity contribution in [2.24, 2.45) is 0 Å². The summed E-state index contributed by atoms with van der Waals surface area (Å²) in [6.07, 6.45) is 0. The molecule has 1 heterocycles. The fraction of sp³-hybridized carbons (Fsp3) is 0.0625. The second-order valence-corrected chi connectivity index (χ2v) is 5.09. The first kappa shape index (κ1) is 13.8. The van der Waals surface area contributed by atoms with Gasteiger partial charge >= 0.3 is 0 Å². The van der Waals surface area contributed by atoms with E-state index in [4.69, 9.17) is 16.0 Å². The maximum absolute atomic E-state index is 13.7. The molecule has 2 nitrogen and oxygen atoms in total. The number of benzene rings is 2. The monoisotopic (exact) mass is 306 g/mol. The Morgan fingerprint density at radius 1 is 1.14 bits per heavy atom. The Morgan fingerprint density at radius 2 is 1.90 bits per heavy atom. The minimum absolute atomic E-state index is 0.0169. The Bertz CT molecular complexity index is 868. The fourth-order valence-corrected chi connectivity index (χ4v) is 2.38. The Hall–Kier alpha value is -2.20. The zero-order valence-corrected chi connectivity index (χ0v) is 11.7. The number of halogens is 3. The number of carbonyl (C=O) groups excluding carboxylic acids is 1. The summed E-state index contributed by atoms with van der Waals surface area (Å²) in [5.41, 5.74) is 0.654. The Labute approximate surface area is 123 Å². The molecule has 2 aromatic carbocycles. The van der Waals surface area contributed by atoms with Gasteiger partial charge in [-0.2, -0.15) is 0 Å². The van der Waals surface area contributed by atoms with E-state index in [-0.39, 0.29) is 11.3 Å². The number of rotatable bonds is 2. The summed E-state index contributed by atoms with van der Waals surface area (Å²) in [5, 5.41) is 1.17. The van der Waals surface area contributed by atoms with Crippen molar-refractivity contribution in [2.75, 3.05) is 0 Å². The van der Waals surface area contributed by atoms with E-state index >= 15 is 0 Å². The third-order valence-electron chi connectivity index (χ3n) is 3.28. The van der Waals surface area contributed by atoms with Crippen LogP contribution in [0.15, 0.2) is 40.8 Å². The van der Waals surface area contributed by atoms with Gasteiger partial charge in [-0.05, 0) is 43.3 Å². The van der Waals surface area contributed by atoms with Crippen LogP contribution in [0.4, 0.5) is 8.78 Å². The van der Waals surface area contributed by atoms with Gasteiger partial charge in [-0.1, -0.05) is 11.6 Å². The van der Waals surface area contributed by atoms with Crippen LogP contribution in [0.2, 0.25) is 5.02 Å². The molecule has 106 valence electrons. The normalized spacial score (nSPS) is 11.0. The van der Waals surface area contributed by atoms with E-state index < -0.39 is 17.4 Å². The van der Waals surface area contributed by atoms with Gasteiger partial charge in [0, 0.05) is 16.0 Å². The van der Waals surface area contributed by atoms with Gasteiger partial charge in [-0.3, -0.25) is 4.79 Å². The molecule has 1 aromatic heterocycles. The lowest BCUT2D eigenvalue weighted by atomic mass is 10.0. The van der Waals surface area contributed by atoms with Gasteiger partial charge in [0.15, 0.2) is 5.76 Å². The molecule has 0 aliphatic rings. The number of carbonyl (C=O) groups is 1. The highest BCUT2D eigenvalue weighted by atomic mass is 35.5. The van der Waals surface area contributed by atoms with Crippen molar-refractivity contribution in [2.45, 2.75) is 6.92 Å². The number of hydrogen-bond donors (Lipinski definition) is 0. The van der Waals surface area contributed by atoms with E-state index in [0.717, 1.165) is 18.2 Å². The zero-order valence-electron chi connectivity index (χ0n) is 10.9. The van der Waals surface area contributed by atoms with Crippen LogP contribution in [-0.2, 0) is 0 Å². The van der Waals surface area contributed by atoms with Crippen molar-refractivity contribution in [3.05, 3.63) is 69.9 Å². The van der Waals surface area contributed by atoms with Crippen molar-refractivity contribution in [1.82, 2.24) is 0 Å². The summed E-state index contributed by atoms with van der Waals surface area (Å²) in [7, 11) is 0. The van der Waals surface area contributed by atoms with E-state index in [1.807, 2.05) is 0 Å². The Balaban J connectivity index is 2.18. The average molecular weight is 307 g/mol. The molecule has 0 amide bonds. The molecule has 0 aliphatic heterocycles. The van der Waals surface area contributed by atoms with E-state index in [0.29, 0.717) is 21.6 Å². The molecule has 0 saturated heterocycles. The van der Waals surface area contributed by atoms with Crippen molar-refractivity contribution in [3.8, 4) is 0 Å². The van der Waals surface area contributed by atoms with E-state index in [1.165, 1.54) is 0 Å². The average Bonchev–Trinajstić information content (AvgIpc) is 2.78. The molecular formula is C16H9ClF2O2. The largest absolute Gasteiger partial charge is 0.452 e. The maximum Gasteiger partial charge on any atom is 0.231 e. The van der Waals surface area contributed by atoms with Crippen molar-refractivity contribution < 1.29 is 18.0 Å². The molecular weight excluding hydrogens is 298 g/mol. The standard InChI is InChI=1S/C16H9ClF2O2/c1-8-11-6-9(17)2-5-14(11)21-16(8)15(20)12-7-10(18)3-4-13(12)19/h2-7H,1H3. The Morgan fingerprint density at radius 3 is 2.67 bits per heavy atom. The van der Waals surface area contributed by atoms with Crippen molar-refractivity contribution >= 4 is 28.4 Å². The van der Waals surface area contributed by atoms with E-state index in [2.05, 4.69) is 0 Å². The van der Waals surface area contributed by atoms with E-state index in [1.54, 1.807) is 25.1 Å². The van der Waals surface area contributed by atoms with Crippen LogP contribution >= 0.6 is 11.6 Å². The molecule has 3 aromatic rings. The second-order valence-electron chi connectivity index (χ2n) is 4.65. The zero-order chi connectivity index (χ0) is 15.1. The Kier molecular flexibility index (Phi) is 3.26. The van der Waals surface area contributed by atoms with Crippen LogP contribution in [0, 0.1) is 18.6 Å². The third kappa shape index (κ3) is 2.32. The predicted molar refractivity (Wildman–Crippen MR) is 75.8 cm³/mol. The molecule has 0 bridgehead atoms. The smallest absolute Gasteiger partial charge is 0.231 e. The van der Waals surface area contributed by atoms with Gasteiger partial charge in [-0.25, -0.2) is 8.78 Å². The van der Waals surface area contributed by atoms with Crippen molar-refractivity contribution in [1.29, 1.82) is 0 Å². The van der Waals surface area contributed by atoms with Crippen LogP contribution < -0.4 is 0 Å². The molecule has 0 atom stereocenters. The third-order valence-corrected chi connectivity index (χ3v) is 3.51. The number of hydrogen-bond acceptors (Lipinski definition) is 2. The number of fused-ring (bicyclic) bond motifs is 1. The highest BCUT2D eigenvalue weighted by molar-refractivity contribution is 6.31. The molecule has 0 fully saturated rings. The molecule has 0 aliphatic carbocycles. The number of aryl methyl sites for hydroxylation is 1. The quantitative estimate of drug-likeness (QED) is 0.630. The predicted octanol–water partition coefficient (Wildman–Crippen LogP) is 4.90. The van der Waals surface area contributed by atoms with Gasteiger partial charge in [0.1, 0.15) is 17.2 Å². The van der Waals surface area contributed by atoms with Crippen molar-refractivity contribution in [3.63, 3.8) is 0 Å². The lowest BCUT2D eigenvalue weighted by Gasteiger charge is -2.01. The molecule has 21 heavy (non-hydrogen) atoms. The fourth-order valence-electron chi connectivity index (χ4n) is 2.20. The summed E-state index contributed by atoms with van der Waals surface area (Å²) < 4.78 is 32.4. The van der Waals surface area contributed by atoms with Crippen LogP contribution in [0.1, 0.15) is 21.7 Å². The van der Waals surface area contributed by atoms with Crippen LogP contribution in [0.3, 0.4) is 0 Å². The minimum Gasteiger partial charge on any atom is -0.452 e. The highest BCUT2D eigenvalue weighted by Gasteiger charge is 2.22. The first-order valence-corrected chi connectivity index (χ1v) is 6.53. The van der Waals surface area contributed by atoms with Crippen LogP contribution in [-0.4, -0.2) is 5.78 Å². The SMILES string of the molecule is Cc1c(C(=O)c2cc(F)ccc2F)oc2ccc(Cl)cc12. The summed E-state index contributed by atoms with van der Waals surface area (Å²) in [4.78, 5) is 12.4. The first-order chi connectivity index (χ1) is 9.97. The minimum atomic E-state index is -0.792. The highest BCUT2D eigenvalue weighted by Crippen LogP contribution is 2.29. The van der Waals surface area contributed by atoms with Crippen LogP contribution in [0.5, 0.6) is 0 Å². The van der Waals surface area contributed by atoms with Gasteiger partial charge in [0.05, 0.1) is 5.56 Å². The topological polar surface area (TPSA) is 30.2 Å². The maximum atomic E-state index is 13.7. The lowest BCUT2D eigenvalue weighted by Crippen LogP contribution is -2.05. The van der Waals surface area contributed by atoms with E-state index in [9.17, 15) is 13.6 Å². The first-order valence-electron chi connectivity index (χ1n) is 6.16.